The monoisotopic (exact) mass is 466 g/mol. The van der Waals surface area contributed by atoms with E-state index >= 15 is 0 Å². The Hall–Kier alpha value is 0.217. The molecule has 32 heavy (non-hydrogen) atoms. The average Bonchev–Trinajstić information content (AvgIpc) is 2.82. The molecular weight excluding hydrogens is 400 g/mol. The van der Waals surface area contributed by atoms with E-state index in [0.717, 1.165) is 0 Å². The van der Waals surface area contributed by atoms with E-state index in [0.29, 0.717) is 0 Å². The third kappa shape index (κ3) is 20.8. The van der Waals surface area contributed by atoms with Crippen LogP contribution in [0.4, 0.5) is 0 Å². The highest BCUT2D eigenvalue weighted by atomic mass is 28.3. The maximum absolute atomic E-state index is 2.46. The summed E-state index contributed by atoms with van der Waals surface area (Å²) in [4.78, 5) is 0. The molecule has 0 N–H and O–H groups in total. The first-order valence-electron chi connectivity index (χ1n) is 15.7. The van der Waals surface area contributed by atoms with Crippen LogP contribution in [0.2, 0.25) is 24.2 Å². The maximum atomic E-state index is 2.46. The van der Waals surface area contributed by atoms with E-state index in [-0.39, 0.29) is 0 Å². The smallest absolute Gasteiger partial charge is 0.0527 e. The molecule has 0 radical (unpaired) electrons. The molecule has 0 heterocycles. The van der Waals surface area contributed by atoms with Crippen molar-refractivity contribution in [3.63, 3.8) is 0 Å². The molecule has 1 heteroatoms. The summed E-state index contributed by atoms with van der Waals surface area (Å²) in [5.41, 5.74) is 0. The molecule has 0 aliphatic heterocycles. The van der Waals surface area contributed by atoms with Crippen molar-refractivity contribution >= 4 is 8.07 Å². The molecule has 0 saturated heterocycles. The van der Waals surface area contributed by atoms with Gasteiger partial charge in [-0.25, -0.2) is 0 Å². The first-order chi connectivity index (χ1) is 15.7. The number of rotatable bonds is 27. The zero-order valence-electron chi connectivity index (χ0n) is 23.6. The number of unbranched alkanes of at least 4 members (excludes halogenated alkanes) is 22. The fourth-order valence-electron chi connectivity index (χ4n) is 5.57. The predicted octanol–water partition coefficient (Wildman–Crippen LogP) is 12.5. The highest BCUT2D eigenvalue weighted by Crippen LogP contribution is 2.27. The summed E-state index contributed by atoms with van der Waals surface area (Å²) in [5.74, 6) is 0. The second-order valence-electron chi connectivity index (χ2n) is 11.1. The van der Waals surface area contributed by atoms with Gasteiger partial charge < -0.3 is 0 Å². The SMILES string of the molecule is CCCCCCCCCCCCCCCCCCCCCCCCC[Si](CC)(CC)CC. The van der Waals surface area contributed by atoms with Crippen LogP contribution in [0.3, 0.4) is 0 Å². The minimum Gasteiger partial charge on any atom is -0.0678 e. The van der Waals surface area contributed by atoms with Gasteiger partial charge in [0.25, 0.3) is 0 Å². The topological polar surface area (TPSA) is 0 Å². The van der Waals surface area contributed by atoms with Gasteiger partial charge in [0.2, 0.25) is 0 Å². The number of hydrogen-bond acceptors (Lipinski definition) is 0. The molecule has 0 nitrogen and oxygen atoms in total. The Balaban J connectivity index is 3.15. The Labute approximate surface area is 207 Å². The van der Waals surface area contributed by atoms with Crippen LogP contribution >= 0.6 is 0 Å². The largest absolute Gasteiger partial charge is 0.0678 e. The van der Waals surface area contributed by atoms with Gasteiger partial charge in [0.05, 0.1) is 8.07 Å². The van der Waals surface area contributed by atoms with Crippen molar-refractivity contribution < 1.29 is 0 Å². The Bertz CT molecular complexity index is 325. The standard InChI is InChI=1S/C31H66Si/c1-5-9-10-11-12-13-14-15-16-17-18-19-20-21-22-23-24-25-26-27-28-29-30-31-32(6-2,7-3)8-4/h5-31H2,1-4H3. The Morgan fingerprint density at radius 3 is 0.719 bits per heavy atom. The fraction of sp³-hybridized carbons (Fsp3) is 1.00. The van der Waals surface area contributed by atoms with Crippen molar-refractivity contribution in [1.29, 1.82) is 0 Å². The second kappa shape index (κ2) is 25.8. The number of hydrogen-bond donors (Lipinski definition) is 0. The van der Waals surface area contributed by atoms with Gasteiger partial charge in [0.15, 0.2) is 0 Å². The fourth-order valence-corrected chi connectivity index (χ4v) is 9.13. The first-order valence-corrected chi connectivity index (χ1v) is 18.6. The van der Waals surface area contributed by atoms with Crippen LogP contribution in [0.5, 0.6) is 0 Å². The molecule has 0 saturated carbocycles. The Kier molecular flexibility index (Phi) is 26.0. The molecule has 0 aliphatic rings. The van der Waals surface area contributed by atoms with Crippen LogP contribution in [-0.4, -0.2) is 8.07 Å². The molecule has 0 spiro atoms. The molecule has 0 atom stereocenters. The van der Waals surface area contributed by atoms with Crippen LogP contribution in [0.15, 0.2) is 0 Å². The van der Waals surface area contributed by atoms with Crippen molar-refractivity contribution in [2.75, 3.05) is 0 Å². The van der Waals surface area contributed by atoms with Crippen molar-refractivity contribution in [3.05, 3.63) is 0 Å². The van der Waals surface area contributed by atoms with Gasteiger partial charge in [0, 0.05) is 0 Å². The molecule has 0 amide bonds. The van der Waals surface area contributed by atoms with Gasteiger partial charge in [-0.15, -0.1) is 0 Å². The average molecular weight is 467 g/mol. The summed E-state index contributed by atoms with van der Waals surface area (Å²) in [6, 6.07) is 6.15. The van der Waals surface area contributed by atoms with Gasteiger partial charge in [-0.1, -0.05) is 200 Å². The van der Waals surface area contributed by atoms with Crippen LogP contribution in [-0.2, 0) is 0 Å². The molecular formula is C31H66Si. The highest BCUT2D eigenvalue weighted by Gasteiger charge is 2.25. The molecule has 0 aliphatic carbocycles. The normalized spacial score (nSPS) is 12.0. The van der Waals surface area contributed by atoms with E-state index in [4.69, 9.17) is 0 Å². The quantitative estimate of drug-likeness (QED) is 0.0833. The lowest BCUT2D eigenvalue weighted by Crippen LogP contribution is -2.30. The summed E-state index contributed by atoms with van der Waals surface area (Å²) in [7, 11) is -0.835. The zero-order valence-corrected chi connectivity index (χ0v) is 24.6. The summed E-state index contributed by atoms with van der Waals surface area (Å²) in [6.07, 6.45) is 34.2. The van der Waals surface area contributed by atoms with E-state index in [2.05, 4.69) is 27.7 Å². The Morgan fingerprint density at radius 2 is 0.500 bits per heavy atom. The van der Waals surface area contributed by atoms with E-state index in [1.54, 1.807) is 6.04 Å². The first kappa shape index (κ1) is 32.2. The zero-order chi connectivity index (χ0) is 23.6. The second-order valence-corrected chi connectivity index (χ2v) is 16.7. The van der Waals surface area contributed by atoms with Crippen LogP contribution < -0.4 is 0 Å². The van der Waals surface area contributed by atoms with Gasteiger partial charge in [-0.3, -0.25) is 0 Å². The minimum absolute atomic E-state index is 0.835. The van der Waals surface area contributed by atoms with Crippen molar-refractivity contribution in [3.8, 4) is 0 Å². The van der Waals surface area contributed by atoms with Gasteiger partial charge in [0.1, 0.15) is 0 Å². The third-order valence-corrected chi connectivity index (χ3v) is 14.5. The Morgan fingerprint density at radius 1 is 0.281 bits per heavy atom. The third-order valence-electron chi connectivity index (χ3n) is 8.56. The molecule has 0 fully saturated rings. The summed E-state index contributed by atoms with van der Waals surface area (Å²) >= 11 is 0. The predicted molar refractivity (Wildman–Crippen MR) is 154 cm³/mol. The van der Waals surface area contributed by atoms with Gasteiger partial charge in [-0.2, -0.15) is 0 Å². The molecule has 0 aromatic rings. The van der Waals surface area contributed by atoms with Crippen LogP contribution in [0.25, 0.3) is 0 Å². The lowest BCUT2D eigenvalue weighted by atomic mass is 10.0. The van der Waals surface area contributed by atoms with Crippen molar-refractivity contribution in [2.24, 2.45) is 0 Å². The summed E-state index contributed by atoms with van der Waals surface area (Å²) in [5, 5.41) is 0. The van der Waals surface area contributed by atoms with E-state index in [1.807, 2.05) is 0 Å². The van der Waals surface area contributed by atoms with Crippen molar-refractivity contribution in [2.45, 2.75) is 200 Å². The lowest BCUT2D eigenvalue weighted by molar-refractivity contribution is 0.518. The minimum atomic E-state index is -0.835. The van der Waals surface area contributed by atoms with E-state index in [9.17, 15) is 0 Å². The molecule has 0 bridgehead atoms. The maximum Gasteiger partial charge on any atom is 0.0527 e. The molecule has 0 aromatic heterocycles. The lowest BCUT2D eigenvalue weighted by Gasteiger charge is -2.28. The highest BCUT2D eigenvalue weighted by molar-refractivity contribution is 6.79. The van der Waals surface area contributed by atoms with E-state index in [1.165, 1.54) is 166 Å². The van der Waals surface area contributed by atoms with Crippen molar-refractivity contribution in [1.82, 2.24) is 0 Å². The summed E-state index contributed by atoms with van der Waals surface area (Å²) < 4.78 is 0. The molecule has 0 rings (SSSR count). The van der Waals surface area contributed by atoms with Gasteiger partial charge in [-0.05, 0) is 0 Å². The molecule has 0 aromatic carbocycles. The summed E-state index contributed by atoms with van der Waals surface area (Å²) in [6.45, 7) is 9.68. The van der Waals surface area contributed by atoms with Crippen LogP contribution in [0.1, 0.15) is 175 Å². The van der Waals surface area contributed by atoms with Crippen LogP contribution in [0, 0.1) is 0 Å². The van der Waals surface area contributed by atoms with Gasteiger partial charge >= 0.3 is 0 Å². The molecule has 194 valence electrons. The molecule has 0 unspecified atom stereocenters. The van der Waals surface area contributed by atoms with E-state index < -0.39 is 8.07 Å².